The van der Waals surface area contributed by atoms with Crippen molar-refractivity contribution in [2.45, 2.75) is 11.8 Å². The van der Waals surface area contributed by atoms with E-state index in [2.05, 4.69) is 9.93 Å². The number of aromatic hydroxyl groups is 1. The second-order valence-corrected chi connectivity index (χ2v) is 6.52. The molecule has 0 radical (unpaired) electrons. The average molecular weight is 355 g/mol. The van der Waals surface area contributed by atoms with Crippen molar-refractivity contribution in [1.82, 2.24) is 4.83 Å². The summed E-state index contributed by atoms with van der Waals surface area (Å²) in [6.07, 6.45) is 1.27. The van der Waals surface area contributed by atoms with Crippen LogP contribution in [0.2, 0.25) is 5.02 Å². The van der Waals surface area contributed by atoms with Crippen LogP contribution in [0.5, 0.6) is 11.5 Å². The summed E-state index contributed by atoms with van der Waals surface area (Å²) in [5, 5.41) is 13.5. The largest absolute Gasteiger partial charge is 0.503 e. The van der Waals surface area contributed by atoms with Gasteiger partial charge in [-0.1, -0.05) is 29.8 Å². The number of nitrogens with one attached hydrogen (secondary N) is 1. The zero-order chi connectivity index (χ0) is 16.9. The van der Waals surface area contributed by atoms with E-state index in [-0.39, 0.29) is 21.4 Å². The lowest BCUT2D eigenvalue weighted by molar-refractivity contribution is 0.318. The number of hydrogen-bond acceptors (Lipinski definition) is 5. The summed E-state index contributed by atoms with van der Waals surface area (Å²) in [7, 11) is -3.73. The Kier molecular flexibility index (Phi) is 5.46. The van der Waals surface area contributed by atoms with Crippen LogP contribution in [0.15, 0.2) is 52.5 Å². The zero-order valence-corrected chi connectivity index (χ0v) is 13.8. The van der Waals surface area contributed by atoms with Crippen LogP contribution in [-0.4, -0.2) is 26.3 Å². The number of ether oxygens (including phenoxy) is 1. The number of phenolic OH excluding ortho intramolecular Hbond substituents is 1. The molecule has 0 saturated heterocycles. The first-order valence-corrected chi connectivity index (χ1v) is 8.55. The molecular weight excluding hydrogens is 340 g/mol. The van der Waals surface area contributed by atoms with Crippen LogP contribution >= 0.6 is 11.6 Å². The number of sulfonamides is 1. The van der Waals surface area contributed by atoms with Gasteiger partial charge in [-0.15, -0.1) is 0 Å². The topological polar surface area (TPSA) is 88.0 Å². The van der Waals surface area contributed by atoms with Gasteiger partial charge in [-0.25, -0.2) is 4.83 Å². The predicted octanol–water partition coefficient (Wildman–Crippen LogP) is 2.76. The van der Waals surface area contributed by atoms with E-state index >= 15 is 0 Å². The van der Waals surface area contributed by atoms with Gasteiger partial charge in [-0.2, -0.15) is 13.5 Å². The first-order chi connectivity index (χ1) is 10.9. The third-order valence-corrected chi connectivity index (χ3v) is 4.32. The first-order valence-electron chi connectivity index (χ1n) is 6.69. The molecule has 0 unspecified atom stereocenters. The summed E-state index contributed by atoms with van der Waals surface area (Å²) in [6, 6.07) is 10.8. The molecule has 0 saturated carbocycles. The molecule has 0 bridgehead atoms. The Hall–Kier alpha value is -2.25. The molecule has 0 fully saturated rings. The van der Waals surface area contributed by atoms with Crippen molar-refractivity contribution in [3.63, 3.8) is 0 Å². The van der Waals surface area contributed by atoms with E-state index in [0.29, 0.717) is 12.2 Å². The molecule has 0 heterocycles. The second-order valence-electron chi connectivity index (χ2n) is 4.45. The van der Waals surface area contributed by atoms with Crippen molar-refractivity contribution in [3.8, 4) is 11.5 Å². The number of halogens is 1. The number of nitrogens with zero attached hydrogens (tertiary/aromatic N) is 1. The first kappa shape index (κ1) is 17.1. The number of rotatable bonds is 6. The Labute approximate surface area is 139 Å². The monoisotopic (exact) mass is 354 g/mol. The molecule has 0 aromatic heterocycles. The molecule has 2 rings (SSSR count). The molecule has 0 aliphatic carbocycles. The SMILES string of the molecule is CCOc1cc(/C=N/NS(=O)(=O)c2ccccc2)cc(Cl)c1O. The van der Waals surface area contributed by atoms with Gasteiger partial charge in [0.25, 0.3) is 10.0 Å². The minimum atomic E-state index is -3.73. The van der Waals surface area contributed by atoms with E-state index in [9.17, 15) is 13.5 Å². The molecule has 23 heavy (non-hydrogen) atoms. The Morgan fingerprint density at radius 2 is 2.00 bits per heavy atom. The quantitative estimate of drug-likeness (QED) is 0.616. The van der Waals surface area contributed by atoms with Gasteiger partial charge in [0.15, 0.2) is 11.5 Å². The number of hydrazone groups is 1. The zero-order valence-electron chi connectivity index (χ0n) is 12.2. The molecule has 8 heteroatoms. The van der Waals surface area contributed by atoms with Gasteiger partial charge in [-0.05, 0) is 36.8 Å². The number of benzene rings is 2. The van der Waals surface area contributed by atoms with Gasteiger partial charge in [-0.3, -0.25) is 0 Å². The van der Waals surface area contributed by atoms with Crippen LogP contribution in [0.3, 0.4) is 0 Å². The van der Waals surface area contributed by atoms with Gasteiger partial charge in [0.05, 0.1) is 22.7 Å². The molecule has 2 N–H and O–H groups in total. The standard InChI is InChI=1S/C15H15ClN2O4S/c1-2-22-14-9-11(8-13(16)15(14)19)10-17-18-23(20,21)12-6-4-3-5-7-12/h3-10,18-19H,2H2,1H3/b17-10+. The molecule has 0 amide bonds. The van der Waals surface area contributed by atoms with E-state index in [0.717, 1.165) is 0 Å². The van der Waals surface area contributed by atoms with Gasteiger partial charge in [0.2, 0.25) is 0 Å². The molecule has 2 aromatic carbocycles. The molecule has 6 nitrogen and oxygen atoms in total. The van der Waals surface area contributed by atoms with Crippen molar-refractivity contribution in [3.05, 3.63) is 53.1 Å². The summed E-state index contributed by atoms with van der Waals surface area (Å²) in [5.41, 5.74) is 0.479. The summed E-state index contributed by atoms with van der Waals surface area (Å²) >= 11 is 5.89. The maximum atomic E-state index is 12.0. The molecule has 0 aliphatic rings. The Morgan fingerprint density at radius 3 is 2.65 bits per heavy atom. The minimum absolute atomic E-state index is 0.0864. The summed E-state index contributed by atoms with van der Waals surface area (Å²) in [5.74, 6) is 0.0305. The molecule has 2 aromatic rings. The lowest BCUT2D eigenvalue weighted by Gasteiger charge is -2.08. The van der Waals surface area contributed by atoms with Crippen LogP contribution in [-0.2, 0) is 10.0 Å². The second kappa shape index (κ2) is 7.34. The normalized spacial score (nSPS) is 11.6. The Morgan fingerprint density at radius 1 is 1.30 bits per heavy atom. The highest BCUT2D eigenvalue weighted by Crippen LogP contribution is 2.34. The van der Waals surface area contributed by atoms with Crippen molar-refractivity contribution in [2.24, 2.45) is 5.10 Å². The van der Waals surface area contributed by atoms with Crippen LogP contribution < -0.4 is 9.57 Å². The lowest BCUT2D eigenvalue weighted by Crippen LogP contribution is -2.18. The summed E-state index contributed by atoms with van der Waals surface area (Å²) in [4.78, 5) is 2.21. The molecule has 122 valence electrons. The predicted molar refractivity (Wildman–Crippen MR) is 88.6 cm³/mol. The number of hydrogen-bond donors (Lipinski definition) is 2. The van der Waals surface area contributed by atoms with E-state index in [4.69, 9.17) is 16.3 Å². The van der Waals surface area contributed by atoms with Crippen molar-refractivity contribution < 1.29 is 18.3 Å². The fourth-order valence-electron chi connectivity index (χ4n) is 1.76. The van der Waals surface area contributed by atoms with Gasteiger partial charge in [0, 0.05) is 0 Å². The van der Waals surface area contributed by atoms with E-state index < -0.39 is 10.0 Å². The molecule has 0 atom stereocenters. The maximum Gasteiger partial charge on any atom is 0.276 e. The van der Waals surface area contributed by atoms with Gasteiger partial charge in [0.1, 0.15) is 0 Å². The highest BCUT2D eigenvalue weighted by molar-refractivity contribution is 7.89. The highest BCUT2D eigenvalue weighted by Gasteiger charge is 2.12. The Balaban J connectivity index is 2.18. The van der Waals surface area contributed by atoms with Crippen LogP contribution in [0.25, 0.3) is 0 Å². The minimum Gasteiger partial charge on any atom is -0.503 e. The van der Waals surface area contributed by atoms with E-state index in [1.807, 2.05) is 0 Å². The van der Waals surface area contributed by atoms with Crippen molar-refractivity contribution >= 4 is 27.8 Å². The van der Waals surface area contributed by atoms with Crippen molar-refractivity contribution in [1.29, 1.82) is 0 Å². The Bertz CT molecular complexity index is 808. The van der Waals surface area contributed by atoms with Gasteiger partial charge < -0.3 is 9.84 Å². The van der Waals surface area contributed by atoms with E-state index in [1.54, 1.807) is 25.1 Å². The summed E-state index contributed by atoms with van der Waals surface area (Å²) < 4.78 is 29.2. The molecule has 0 aliphatic heterocycles. The number of phenols is 1. The van der Waals surface area contributed by atoms with Crippen LogP contribution in [0.1, 0.15) is 12.5 Å². The van der Waals surface area contributed by atoms with Crippen LogP contribution in [0, 0.1) is 0 Å². The average Bonchev–Trinajstić information content (AvgIpc) is 2.53. The van der Waals surface area contributed by atoms with Gasteiger partial charge >= 0.3 is 0 Å². The highest BCUT2D eigenvalue weighted by atomic mass is 35.5. The third kappa shape index (κ3) is 4.37. The lowest BCUT2D eigenvalue weighted by atomic mass is 10.2. The third-order valence-electron chi connectivity index (χ3n) is 2.79. The summed E-state index contributed by atoms with van der Waals surface area (Å²) in [6.45, 7) is 2.12. The molecular formula is C15H15ClN2O4S. The smallest absolute Gasteiger partial charge is 0.276 e. The fourth-order valence-corrected chi connectivity index (χ4v) is 2.79. The van der Waals surface area contributed by atoms with E-state index in [1.165, 1.54) is 30.5 Å². The molecule has 0 spiro atoms. The maximum absolute atomic E-state index is 12.0. The van der Waals surface area contributed by atoms with Crippen molar-refractivity contribution in [2.75, 3.05) is 6.61 Å². The fraction of sp³-hybridized carbons (Fsp3) is 0.133. The van der Waals surface area contributed by atoms with Crippen LogP contribution in [0.4, 0.5) is 0 Å².